The average molecular weight is 352 g/mol. The number of nitrogens with one attached hydrogen (secondary N) is 2. The van der Waals surface area contributed by atoms with E-state index in [1.165, 1.54) is 5.56 Å². The van der Waals surface area contributed by atoms with E-state index in [1.54, 1.807) is 7.05 Å². The molecule has 0 spiro atoms. The van der Waals surface area contributed by atoms with Crippen molar-refractivity contribution in [3.63, 3.8) is 0 Å². The average Bonchev–Trinajstić information content (AvgIpc) is 2.64. The van der Waals surface area contributed by atoms with Crippen molar-refractivity contribution in [3.05, 3.63) is 65.7 Å². The number of carbonyl (C=O) groups is 1. The van der Waals surface area contributed by atoms with Gasteiger partial charge in [0.05, 0.1) is 0 Å². The zero-order chi connectivity index (χ0) is 18.8. The number of nitrogens with zero attached hydrogens (tertiary/aromatic N) is 2. The van der Waals surface area contributed by atoms with E-state index >= 15 is 0 Å². The van der Waals surface area contributed by atoms with Gasteiger partial charge < -0.3 is 15.5 Å². The molecule has 0 unspecified atom stereocenters. The summed E-state index contributed by atoms with van der Waals surface area (Å²) in [6.07, 6.45) is 1.40. The smallest absolute Gasteiger partial charge is 0.224 e. The molecule has 0 bridgehead atoms. The van der Waals surface area contributed by atoms with Crippen LogP contribution in [0.4, 0.5) is 5.69 Å². The third-order valence-corrected chi connectivity index (χ3v) is 4.00. The molecular weight excluding hydrogens is 324 g/mol. The van der Waals surface area contributed by atoms with Crippen LogP contribution in [-0.4, -0.2) is 30.9 Å². The lowest BCUT2D eigenvalue weighted by atomic mass is 10.2. The number of hydrogen-bond donors (Lipinski definition) is 2. The lowest BCUT2D eigenvalue weighted by Crippen LogP contribution is -2.38. The largest absolute Gasteiger partial charge is 0.352 e. The normalized spacial score (nSPS) is 11.1. The van der Waals surface area contributed by atoms with E-state index < -0.39 is 0 Å². The Morgan fingerprint density at radius 3 is 2.35 bits per heavy atom. The van der Waals surface area contributed by atoms with Crippen molar-refractivity contribution in [2.24, 2.45) is 4.99 Å². The van der Waals surface area contributed by atoms with Gasteiger partial charge in [-0.05, 0) is 29.7 Å². The van der Waals surface area contributed by atoms with Crippen LogP contribution >= 0.6 is 0 Å². The van der Waals surface area contributed by atoms with Crippen LogP contribution in [0.3, 0.4) is 0 Å². The van der Waals surface area contributed by atoms with Gasteiger partial charge in [-0.2, -0.15) is 0 Å². The third-order valence-electron chi connectivity index (χ3n) is 4.00. The van der Waals surface area contributed by atoms with Gasteiger partial charge in [0.2, 0.25) is 5.91 Å². The predicted molar refractivity (Wildman–Crippen MR) is 108 cm³/mol. The first-order valence-corrected chi connectivity index (χ1v) is 8.97. The van der Waals surface area contributed by atoms with E-state index in [-0.39, 0.29) is 5.91 Å². The van der Waals surface area contributed by atoms with Gasteiger partial charge in [-0.1, -0.05) is 49.4 Å². The summed E-state index contributed by atoms with van der Waals surface area (Å²) in [5.74, 6) is 0.899. The van der Waals surface area contributed by atoms with Gasteiger partial charge in [0.1, 0.15) is 0 Å². The van der Waals surface area contributed by atoms with Crippen molar-refractivity contribution < 1.29 is 4.79 Å². The van der Waals surface area contributed by atoms with E-state index in [2.05, 4.69) is 32.7 Å². The summed E-state index contributed by atoms with van der Waals surface area (Å²) in [5, 5.41) is 6.28. The zero-order valence-electron chi connectivity index (χ0n) is 15.8. The summed E-state index contributed by atoms with van der Waals surface area (Å²) in [6.45, 7) is 3.47. The lowest BCUT2D eigenvalue weighted by molar-refractivity contribution is -0.116. The monoisotopic (exact) mass is 352 g/mol. The van der Waals surface area contributed by atoms with Gasteiger partial charge in [-0.25, -0.2) is 0 Å². The van der Waals surface area contributed by atoms with Crippen molar-refractivity contribution >= 4 is 17.6 Å². The maximum atomic E-state index is 11.6. The minimum absolute atomic E-state index is 0.0568. The SMILES string of the molecule is CCCC(=O)Nc1ccc(CNC(=NC)N(C)Cc2ccccc2)cc1. The van der Waals surface area contributed by atoms with E-state index in [0.717, 1.165) is 30.2 Å². The van der Waals surface area contributed by atoms with Crippen molar-refractivity contribution in [1.82, 2.24) is 10.2 Å². The van der Waals surface area contributed by atoms with Gasteiger partial charge in [0.15, 0.2) is 5.96 Å². The lowest BCUT2D eigenvalue weighted by Gasteiger charge is -2.22. The van der Waals surface area contributed by atoms with Crippen LogP contribution in [-0.2, 0) is 17.9 Å². The summed E-state index contributed by atoms with van der Waals surface area (Å²) < 4.78 is 0. The Bertz CT molecular complexity index is 711. The zero-order valence-corrected chi connectivity index (χ0v) is 15.8. The van der Waals surface area contributed by atoms with Crippen LogP contribution in [0.5, 0.6) is 0 Å². The van der Waals surface area contributed by atoms with Crippen LogP contribution in [0.25, 0.3) is 0 Å². The Morgan fingerprint density at radius 1 is 1.04 bits per heavy atom. The maximum absolute atomic E-state index is 11.6. The third kappa shape index (κ3) is 6.24. The Labute approximate surface area is 156 Å². The van der Waals surface area contributed by atoms with Crippen LogP contribution < -0.4 is 10.6 Å². The Kier molecular flexibility index (Phi) is 7.68. The van der Waals surface area contributed by atoms with Crippen LogP contribution in [0.15, 0.2) is 59.6 Å². The van der Waals surface area contributed by atoms with Gasteiger partial charge >= 0.3 is 0 Å². The molecule has 0 radical (unpaired) electrons. The predicted octanol–water partition coefficient (Wildman–Crippen LogP) is 3.63. The van der Waals surface area contributed by atoms with Crippen molar-refractivity contribution in [2.45, 2.75) is 32.9 Å². The molecule has 0 fully saturated rings. The van der Waals surface area contributed by atoms with Gasteiger partial charge in [-0.3, -0.25) is 9.79 Å². The molecule has 5 heteroatoms. The summed E-state index contributed by atoms with van der Waals surface area (Å²) in [4.78, 5) is 18.1. The highest BCUT2D eigenvalue weighted by Crippen LogP contribution is 2.10. The molecule has 0 aliphatic rings. The number of guanidine groups is 1. The van der Waals surface area contributed by atoms with Crippen molar-refractivity contribution in [3.8, 4) is 0 Å². The number of carbonyl (C=O) groups excluding carboxylic acids is 1. The number of amides is 1. The molecule has 0 aliphatic carbocycles. The Hall–Kier alpha value is -2.82. The molecule has 2 aromatic carbocycles. The molecule has 2 N–H and O–H groups in total. The molecule has 26 heavy (non-hydrogen) atoms. The highest BCUT2D eigenvalue weighted by atomic mass is 16.1. The summed E-state index contributed by atoms with van der Waals surface area (Å²) in [5.41, 5.74) is 3.20. The van der Waals surface area contributed by atoms with Gasteiger partial charge in [0, 0.05) is 39.3 Å². The standard InChI is InChI=1S/C21H28N4O/c1-4-8-20(26)24-19-13-11-17(12-14-19)15-23-21(22-2)25(3)16-18-9-6-5-7-10-18/h5-7,9-14H,4,8,15-16H2,1-3H3,(H,22,23)(H,24,26). The molecule has 2 rings (SSSR count). The van der Waals surface area contributed by atoms with E-state index in [4.69, 9.17) is 0 Å². The van der Waals surface area contributed by atoms with Crippen molar-refractivity contribution in [2.75, 3.05) is 19.4 Å². The molecular formula is C21H28N4O. The second-order valence-electron chi connectivity index (χ2n) is 6.24. The molecule has 0 aromatic heterocycles. The maximum Gasteiger partial charge on any atom is 0.224 e. The highest BCUT2D eigenvalue weighted by Gasteiger charge is 2.07. The molecule has 0 atom stereocenters. The minimum atomic E-state index is 0.0568. The summed E-state index contributed by atoms with van der Waals surface area (Å²) in [6, 6.07) is 18.2. The number of rotatable bonds is 7. The Morgan fingerprint density at radius 2 is 1.73 bits per heavy atom. The first-order valence-electron chi connectivity index (χ1n) is 8.97. The second-order valence-corrected chi connectivity index (χ2v) is 6.24. The number of anilines is 1. The van der Waals surface area contributed by atoms with Crippen LogP contribution in [0.2, 0.25) is 0 Å². The summed E-state index contributed by atoms with van der Waals surface area (Å²) in [7, 11) is 3.81. The fraction of sp³-hybridized carbons (Fsp3) is 0.333. The van der Waals surface area contributed by atoms with Crippen LogP contribution in [0.1, 0.15) is 30.9 Å². The fourth-order valence-electron chi connectivity index (χ4n) is 2.65. The van der Waals surface area contributed by atoms with E-state index in [1.807, 2.05) is 56.4 Å². The molecule has 0 aliphatic heterocycles. The van der Waals surface area contributed by atoms with E-state index in [9.17, 15) is 4.79 Å². The Balaban J connectivity index is 1.86. The quantitative estimate of drug-likeness (QED) is 0.591. The first kappa shape index (κ1) is 19.5. The molecule has 1 amide bonds. The van der Waals surface area contributed by atoms with Crippen LogP contribution in [0, 0.1) is 0 Å². The second kappa shape index (κ2) is 10.2. The molecule has 5 nitrogen and oxygen atoms in total. The topological polar surface area (TPSA) is 56.7 Å². The molecule has 0 heterocycles. The van der Waals surface area contributed by atoms with Gasteiger partial charge in [0.25, 0.3) is 0 Å². The molecule has 138 valence electrons. The molecule has 0 saturated heterocycles. The van der Waals surface area contributed by atoms with Crippen molar-refractivity contribution in [1.29, 1.82) is 0 Å². The van der Waals surface area contributed by atoms with E-state index in [0.29, 0.717) is 13.0 Å². The fourth-order valence-corrected chi connectivity index (χ4v) is 2.65. The molecule has 2 aromatic rings. The first-order chi connectivity index (χ1) is 12.6. The number of hydrogen-bond acceptors (Lipinski definition) is 2. The van der Waals surface area contributed by atoms with Gasteiger partial charge in [-0.15, -0.1) is 0 Å². The highest BCUT2D eigenvalue weighted by molar-refractivity contribution is 5.90. The number of aliphatic imine (C=N–C) groups is 1. The number of benzene rings is 2. The summed E-state index contributed by atoms with van der Waals surface area (Å²) >= 11 is 0. The minimum Gasteiger partial charge on any atom is -0.352 e. The molecule has 0 saturated carbocycles.